The Hall–Kier alpha value is -2.18. The Morgan fingerprint density at radius 2 is 1.81 bits per heavy atom. The minimum Gasteiger partial charge on any atom is -0.331 e. The number of benzene rings is 2. The fraction of sp³-hybridized carbons (Fsp3) is 0.350. The highest BCUT2D eigenvalue weighted by Crippen LogP contribution is 2.30. The standard InChI is InChI=1S/C20H23N3O2S/c1-22-19-12-6-5-11-18(19)21-20(22)17-10-7-13-23(14-17)26(24,25)15-16-8-3-2-4-9-16/h2-6,8-9,11-12,17H,7,10,13-15H2,1H3. The van der Waals surface area contributed by atoms with Crippen molar-refractivity contribution < 1.29 is 8.42 Å². The van der Waals surface area contributed by atoms with Gasteiger partial charge in [-0.25, -0.2) is 17.7 Å². The van der Waals surface area contributed by atoms with Crippen molar-refractivity contribution in [2.75, 3.05) is 13.1 Å². The molecule has 0 radical (unpaired) electrons. The van der Waals surface area contributed by atoms with Crippen molar-refractivity contribution >= 4 is 21.1 Å². The second kappa shape index (κ2) is 6.85. The van der Waals surface area contributed by atoms with Crippen LogP contribution < -0.4 is 0 Å². The predicted molar refractivity (Wildman–Crippen MR) is 103 cm³/mol. The molecule has 2 aromatic carbocycles. The van der Waals surface area contributed by atoms with Crippen LogP contribution in [0.1, 0.15) is 30.1 Å². The SMILES string of the molecule is Cn1c(C2CCCN(S(=O)(=O)Cc3ccccc3)C2)nc2ccccc21. The molecule has 0 N–H and O–H groups in total. The van der Waals surface area contributed by atoms with Gasteiger partial charge in [-0.15, -0.1) is 0 Å². The number of hydrogen-bond acceptors (Lipinski definition) is 3. The number of rotatable bonds is 4. The highest BCUT2D eigenvalue weighted by atomic mass is 32.2. The number of sulfonamides is 1. The van der Waals surface area contributed by atoms with E-state index in [0.29, 0.717) is 13.1 Å². The Morgan fingerprint density at radius 1 is 1.08 bits per heavy atom. The Bertz CT molecular complexity index is 1010. The summed E-state index contributed by atoms with van der Waals surface area (Å²) in [6.45, 7) is 1.10. The third-order valence-corrected chi connectivity index (χ3v) is 6.97. The molecule has 0 aliphatic carbocycles. The van der Waals surface area contributed by atoms with Gasteiger partial charge >= 0.3 is 0 Å². The van der Waals surface area contributed by atoms with E-state index in [1.165, 1.54) is 0 Å². The van der Waals surface area contributed by atoms with E-state index in [1.54, 1.807) is 4.31 Å². The number of aromatic nitrogens is 2. The maximum atomic E-state index is 12.9. The number of nitrogens with zero attached hydrogens (tertiary/aromatic N) is 3. The molecule has 1 unspecified atom stereocenters. The lowest BCUT2D eigenvalue weighted by atomic mass is 9.99. The van der Waals surface area contributed by atoms with Crippen LogP contribution in [-0.4, -0.2) is 35.4 Å². The molecular weight excluding hydrogens is 346 g/mol. The summed E-state index contributed by atoms with van der Waals surface area (Å²) in [5.41, 5.74) is 2.89. The second-order valence-electron chi connectivity index (χ2n) is 6.96. The molecule has 5 nitrogen and oxygen atoms in total. The molecule has 6 heteroatoms. The quantitative estimate of drug-likeness (QED) is 0.709. The summed E-state index contributed by atoms with van der Waals surface area (Å²) in [5, 5.41) is 0. The Labute approximate surface area is 154 Å². The molecule has 1 saturated heterocycles. The zero-order chi connectivity index (χ0) is 18.1. The lowest BCUT2D eigenvalue weighted by molar-refractivity contribution is 0.306. The zero-order valence-electron chi connectivity index (χ0n) is 14.9. The zero-order valence-corrected chi connectivity index (χ0v) is 15.7. The van der Waals surface area contributed by atoms with E-state index in [0.717, 1.165) is 35.3 Å². The summed E-state index contributed by atoms with van der Waals surface area (Å²) in [7, 11) is -1.31. The normalized spacial score (nSPS) is 19.0. The first-order valence-electron chi connectivity index (χ1n) is 8.98. The summed E-state index contributed by atoms with van der Waals surface area (Å²) in [6.07, 6.45) is 1.83. The highest BCUT2D eigenvalue weighted by molar-refractivity contribution is 7.88. The summed E-state index contributed by atoms with van der Waals surface area (Å²) in [5.74, 6) is 1.17. The van der Waals surface area contributed by atoms with Gasteiger partial charge in [-0.1, -0.05) is 42.5 Å². The fourth-order valence-electron chi connectivity index (χ4n) is 3.81. The minimum absolute atomic E-state index is 0.0586. The van der Waals surface area contributed by atoms with Crippen LogP contribution in [0.5, 0.6) is 0 Å². The van der Waals surface area contributed by atoms with E-state index in [4.69, 9.17) is 4.98 Å². The van der Waals surface area contributed by atoms with Crippen molar-refractivity contribution in [3.05, 3.63) is 66.0 Å². The van der Waals surface area contributed by atoms with Gasteiger partial charge in [0.25, 0.3) is 0 Å². The average Bonchev–Trinajstić information content (AvgIpc) is 2.99. The maximum Gasteiger partial charge on any atom is 0.218 e. The molecular formula is C20H23N3O2S. The van der Waals surface area contributed by atoms with Crippen LogP contribution in [-0.2, 0) is 22.8 Å². The number of imidazole rings is 1. The number of fused-ring (bicyclic) bond motifs is 1. The molecule has 0 saturated carbocycles. The van der Waals surface area contributed by atoms with Gasteiger partial charge in [0.15, 0.2) is 0 Å². The van der Waals surface area contributed by atoms with Gasteiger partial charge in [0.05, 0.1) is 16.8 Å². The van der Waals surface area contributed by atoms with E-state index >= 15 is 0 Å². The first-order valence-corrected chi connectivity index (χ1v) is 10.6. The van der Waals surface area contributed by atoms with E-state index in [9.17, 15) is 8.42 Å². The smallest absolute Gasteiger partial charge is 0.218 e. The topological polar surface area (TPSA) is 55.2 Å². The number of para-hydroxylation sites is 2. The number of piperidine rings is 1. The van der Waals surface area contributed by atoms with E-state index in [-0.39, 0.29) is 11.7 Å². The lowest BCUT2D eigenvalue weighted by Crippen LogP contribution is -2.40. The minimum atomic E-state index is -3.32. The van der Waals surface area contributed by atoms with Crippen molar-refractivity contribution in [2.45, 2.75) is 24.5 Å². The van der Waals surface area contributed by atoms with Gasteiger partial charge in [-0.2, -0.15) is 0 Å². The first-order chi connectivity index (χ1) is 12.5. The highest BCUT2D eigenvalue weighted by Gasteiger charge is 2.31. The Balaban J connectivity index is 1.58. The van der Waals surface area contributed by atoms with Crippen LogP contribution in [0.2, 0.25) is 0 Å². The van der Waals surface area contributed by atoms with Crippen molar-refractivity contribution in [2.24, 2.45) is 7.05 Å². The largest absolute Gasteiger partial charge is 0.331 e. The molecule has 1 aromatic heterocycles. The Kier molecular flexibility index (Phi) is 4.54. The summed E-state index contributed by atoms with van der Waals surface area (Å²) >= 11 is 0. The molecule has 0 bridgehead atoms. The van der Waals surface area contributed by atoms with Gasteiger partial charge in [-0.3, -0.25) is 0 Å². The molecule has 0 spiro atoms. The van der Waals surface area contributed by atoms with Gasteiger partial charge in [0, 0.05) is 26.1 Å². The van der Waals surface area contributed by atoms with Crippen LogP contribution in [0.15, 0.2) is 54.6 Å². The second-order valence-corrected chi connectivity index (χ2v) is 8.93. The average molecular weight is 369 g/mol. The molecule has 1 atom stereocenters. The fourth-order valence-corrected chi connectivity index (χ4v) is 5.42. The molecule has 1 fully saturated rings. The molecule has 136 valence electrons. The monoisotopic (exact) mass is 369 g/mol. The van der Waals surface area contributed by atoms with Crippen molar-refractivity contribution in [1.29, 1.82) is 0 Å². The van der Waals surface area contributed by atoms with Gasteiger partial charge in [0.1, 0.15) is 5.82 Å². The first kappa shape index (κ1) is 17.2. The van der Waals surface area contributed by atoms with E-state index in [1.807, 2.05) is 55.6 Å². The van der Waals surface area contributed by atoms with Crippen LogP contribution in [0, 0.1) is 0 Å². The van der Waals surface area contributed by atoms with E-state index < -0.39 is 10.0 Å². The third kappa shape index (κ3) is 3.27. The van der Waals surface area contributed by atoms with Gasteiger partial charge in [-0.05, 0) is 30.5 Å². The van der Waals surface area contributed by atoms with E-state index in [2.05, 4.69) is 10.6 Å². The van der Waals surface area contributed by atoms with Crippen LogP contribution in [0.4, 0.5) is 0 Å². The number of hydrogen-bond donors (Lipinski definition) is 0. The van der Waals surface area contributed by atoms with Crippen LogP contribution in [0.25, 0.3) is 11.0 Å². The molecule has 1 aliphatic rings. The molecule has 0 amide bonds. The van der Waals surface area contributed by atoms with Gasteiger partial charge < -0.3 is 4.57 Å². The van der Waals surface area contributed by atoms with Crippen molar-refractivity contribution in [1.82, 2.24) is 13.9 Å². The summed E-state index contributed by atoms with van der Waals surface area (Å²) in [6, 6.07) is 17.4. The maximum absolute atomic E-state index is 12.9. The molecule has 4 rings (SSSR count). The van der Waals surface area contributed by atoms with Crippen LogP contribution in [0.3, 0.4) is 0 Å². The van der Waals surface area contributed by atoms with Crippen molar-refractivity contribution in [3.63, 3.8) is 0 Å². The van der Waals surface area contributed by atoms with Crippen LogP contribution >= 0.6 is 0 Å². The molecule has 3 aromatic rings. The summed E-state index contributed by atoms with van der Waals surface area (Å²) in [4.78, 5) is 4.78. The lowest BCUT2D eigenvalue weighted by Gasteiger charge is -2.31. The molecule has 26 heavy (non-hydrogen) atoms. The summed E-state index contributed by atoms with van der Waals surface area (Å²) < 4.78 is 29.5. The third-order valence-electron chi connectivity index (χ3n) is 5.16. The van der Waals surface area contributed by atoms with Crippen molar-refractivity contribution in [3.8, 4) is 0 Å². The Morgan fingerprint density at radius 3 is 2.58 bits per heavy atom. The van der Waals surface area contributed by atoms with Gasteiger partial charge in [0.2, 0.25) is 10.0 Å². The molecule has 2 heterocycles. The number of aryl methyl sites for hydroxylation is 1. The predicted octanol–water partition coefficient (Wildman–Crippen LogP) is 3.28. The molecule has 1 aliphatic heterocycles.